The zero-order valence-electron chi connectivity index (χ0n) is 19.6. The smallest absolute Gasteiger partial charge is 0.348 e. The van der Waals surface area contributed by atoms with Gasteiger partial charge in [-0.15, -0.1) is 11.3 Å². The molecule has 0 aliphatic rings. The Bertz CT molecular complexity index is 1200. The second-order valence-electron chi connectivity index (χ2n) is 7.05. The van der Waals surface area contributed by atoms with Crippen molar-refractivity contribution in [1.82, 2.24) is 4.72 Å². The standard InChI is InChI=1S/C22H26N2O9S2/c1-5-31-21(27)18-14(4)19(22(28)32-6-2)34-20(18)24-16(25)12-33-17(26)11-23-35(29,30)15-9-7-13(3)8-10-15/h7-10,23H,5-6,11-12H2,1-4H3,(H,24,25). The van der Waals surface area contributed by atoms with Gasteiger partial charge < -0.3 is 19.5 Å². The zero-order valence-corrected chi connectivity index (χ0v) is 21.3. The highest BCUT2D eigenvalue weighted by molar-refractivity contribution is 7.89. The van der Waals surface area contributed by atoms with Gasteiger partial charge in [-0.3, -0.25) is 9.59 Å². The highest BCUT2D eigenvalue weighted by Crippen LogP contribution is 2.34. The Morgan fingerprint density at radius 2 is 1.51 bits per heavy atom. The average molecular weight is 527 g/mol. The van der Waals surface area contributed by atoms with Gasteiger partial charge in [0.25, 0.3) is 5.91 Å². The number of carbonyl (C=O) groups is 4. The van der Waals surface area contributed by atoms with Crippen molar-refractivity contribution in [2.45, 2.75) is 32.6 Å². The molecular weight excluding hydrogens is 500 g/mol. The Balaban J connectivity index is 2.01. The first-order chi connectivity index (χ1) is 16.5. The lowest BCUT2D eigenvalue weighted by Gasteiger charge is -2.09. The van der Waals surface area contributed by atoms with E-state index in [4.69, 9.17) is 14.2 Å². The second-order valence-corrected chi connectivity index (χ2v) is 9.84. The van der Waals surface area contributed by atoms with Crippen LogP contribution in [0.2, 0.25) is 0 Å². The van der Waals surface area contributed by atoms with Crippen LogP contribution in [-0.2, 0) is 33.8 Å². The summed E-state index contributed by atoms with van der Waals surface area (Å²) < 4.78 is 41.4. The van der Waals surface area contributed by atoms with E-state index in [1.807, 2.05) is 0 Å². The number of anilines is 1. The number of benzene rings is 1. The van der Waals surface area contributed by atoms with Crippen molar-refractivity contribution in [3.05, 3.63) is 45.8 Å². The van der Waals surface area contributed by atoms with Gasteiger partial charge in [0.2, 0.25) is 10.0 Å². The quantitative estimate of drug-likeness (QED) is 0.331. The van der Waals surface area contributed by atoms with E-state index in [1.54, 1.807) is 32.9 Å². The van der Waals surface area contributed by atoms with Gasteiger partial charge >= 0.3 is 17.9 Å². The van der Waals surface area contributed by atoms with Crippen LogP contribution in [0.15, 0.2) is 29.2 Å². The molecule has 1 amide bonds. The first-order valence-corrected chi connectivity index (χ1v) is 12.8. The molecule has 190 valence electrons. The molecule has 2 rings (SSSR count). The molecule has 1 aromatic heterocycles. The number of amides is 1. The van der Waals surface area contributed by atoms with E-state index in [0.29, 0.717) is 0 Å². The Hall–Kier alpha value is -3.29. The van der Waals surface area contributed by atoms with Gasteiger partial charge in [0.15, 0.2) is 6.61 Å². The van der Waals surface area contributed by atoms with Crippen LogP contribution in [0.25, 0.3) is 0 Å². The molecule has 0 aliphatic carbocycles. The van der Waals surface area contributed by atoms with Crippen LogP contribution in [0.5, 0.6) is 0 Å². The van der Waals surface area contributed by atoms with Crippen molar-refractivity contribution in [2.75, 3.05) is 31.7 Å². The van der Waals surface area contributed by atoms with Crippen LogP contribution < -0.4 is 10.0 Å². The fourth-order valence-electron chi connectivity index (χ4n) is 2.76. The molecule has 0 saturated heterocycles. The number of aryl methyl sites for hydroxylation is 1. The summed E-state index contributed by atoms with van der Waals surface area (Å²) in [6.07, 6.45) is 0. The first kappa shape index (κ1) is 28.0. The van der Waals surface area contributed by atoms with E-state index in [0.717, 1.165) is 16.9 Å². The lowest BCUT2D eigenvalue weighted by atomic mass is 10.1. The van der Waals surface area contributed by atoms with E-state index in [2.05, 4.69) is 10.0 Å². The SMILES string of the molecule is CCOC(=O)c1sc(NC(=O)COC(=O)CNS(=O)(=O)c2ccc(C)cc2)c(C(=O)OCC)c1C. The molecule has 0 spiro atoms. The van der Waals surface area contributed by atoms with Gasteiger partial charge in [0, 0.05) is 0 Å². The molecule has 0 atom stereocenters. The molecule has 1 aromatic carbocycles. The first-order valence-electron chi connectivity index (χ1n) is 10.5. The number of hydrogen-bond donors (Lipinski definition) is 2. The summed E-state index contributed by atoms with van der Waals surface area (Å²) in [7, 11) is -3.94. The van der Waals surface area contributed by atoms with Crippen LogP contribution >= 0.6 is 11.3 Å². The van der Waals surface area contributed by atoms with E-state index in [9.17, 15) is 27.6 Å². The molecule has 2 aromatic rings. The molecule has 1 heterocycles. The average Bonchev–Trinajstić information content (AvgIpc) is 3.12. The summed E-state index contributed by atoms with van der Waals surface area (Å²) >= 11 is 0.824. The van der Waals surface area contributed by atoms with Gasteiger partial charge in [-0.05, 0) is 45.4 Å². The van der Waals surface area contributed by atoms with Crippen LogP contribution in [0.3, 0.4) is 0 Å². The zero-order chi connectivity index (χ0) is 26.2. The van der Waals surface area contributed by atoms with Gasteiger partial charge in [-0.2, -0.15) is 4.72 Å². The number of rotatable bonds is 11. The molecule has 0 aliphatic heterocycles. The third-order valence-corrected chi connectivity index (χ3v) is 7.05. The largest absolute Gasteiger partial charge is 0.462 e. The van der Waals surface area contributed by atoms with Crippen LogP contribution in [0.4, 0.5) is 5.00 Å². The monoisotopic (exact) mass is 526 g/mol. The van der Waals surface area contributed by atoms with Gasteiger partial charge in [0.1, 0.15) is 16.4 Å². The van der Waals surface area contributed by atoms with Gasteiger partial charge in [0.05, 0.1) is 23.7 Å². The van der Waals surface area contributed by atoms with E-state index >= 15 is 0 Å². The van der Waals surface area contributed by atoms with Crippen molar-refractivity contribution in [2.24, 2.45) is 0 Å². The lowest BCUT2D eigenvalue weighted by molar-refractivity contribution is -0.146. The summed E-state index contributed by atoms with van der Waals surface area (Å²) in [5, 5.41) is 2.45. The normalized spacial score (nSPS) is 11.0. The summed E-state index contributed by atoms with van der Waals surface area (Å²) in [6, 6.07) is 6.01. The third-order valence-electron chi connectivity index (χ3n) is 4.44. The molecule has 0 unspecified atom stereocenters. The van der Waals surface area contributed by atoms with Crippen molar-refractivity contribution >= 4 is 50.2 Å². The van der Waals surface area contributed by atoms with E-state index in [1.165, 1.54) is 19.1 Å². The third kappa shape index (κ3) is 7.60. The lowest BCUT2D eigenvalue weighted by Crippen LogP contribution is -2.32. The highest BCUT2D eigenvalue weighted by Gasteiger charge is 2.27. The Kier molecular flexibility index (Phi) is 9.92. The van der Waals surface area contributed by atoms with E-state index in [-0.39, 0.29) is 39.1 Å². The van der Waals surface area contributed by atoms with Crippen LogP contribution in [0.1, 0.15) is 45.0 Å². The number of nitrogens with one attached hydrogen (secondary N) is 2. The predicted octanol–water partition coefficient (Wildman–Crippen LogP) is 2.18. The fourth-order valence-corrected chi connectivity index (χ4v) is 4.83. The molecular formula is C22H26N2O9S2. The number of carbonyl (C=O) groups excluding carboxylic acids is 4. The van der Waals surface area contributed by atoms with Gasteiger partial charge in [-0.25, -0.2) is 18.0 Å². The minimum Gasteiger partial charge on any atom is -0.462 e. The maximum absolute atomic E-state index is 12.4. The van der Waals surface area contributed by atoms with E-state index < -0.39 is 47.0 Å². The number of hydrogen-bond acceptors (Lipinski definition) is 10. The molecule has 2 N–H and O–H groups in total. The predicted molar refractivity (Wildman–Crippen MR) is 127 cm³/mol. The van der Waals surface area contributed by atoms with Crippen molar-refractivity contribution in [3.8, 4) is 0 Å². The highest BCUT2D eigenvalue weighted by atomic mass is 32.2. The van der Waals surface area contributed by atoms with Crippen LogP contribution in [0, 0.1) is 13.8 Å². The topological polar surface area (TPSA) is 154 Å². The van der Waals surface area contributed by atoms with Gasteiger partial charge in [-0.1, -0.05) is 17.7 Å². The maximum atomic E-state index is 12.4. The molecule has 13 heteroatoms. The Morgan fingerprint density at radius 1 is 0.914 bits per heavy atom. The second kappa shape index (κ2) is 12.4. The number of ether oxygens (including phenoxy) is 3. The summed E-state index contributed by atoms with van der Waals surface area (Å²) in [5.41, 5.74) is 1.14. The minimum atomic E-state index is -3.94. The summed E-state index contributed by atoms with van der Waals surface area (Å²) in [5.74, 6) is -3.19. The number of esters is 3. The molecule has 0 radical (unpaired) electrons. The fraction of sp³-hybridized carbons (Fsp3) is 0.364. The maximum Gasteiger partial charge on any atom is 0.348 e. The molecule has 0 saturated carbocycles. The number of sulfonamides is 1. The van der Waals surface area contributed by atoms with Crippen LogP contribution in [-0.4, -0.2) is 58.6 Å². The Labute approximate surface area is 206 Å². The van der Waals surface area contributed by atoms with Crippen molar-refractivity contribution < 1.29 is 41.8 Å². The molecule has 35 heavy (non-hydrogen) atoms. The molecule has 11 nitrogen and oxygen atoms in total. The van der Waals surface area contributed by atoms with Crippen molar-refractivity contribution in [1.29, 1.82) is 0 Å². The van der Waals surface area contributed by atoms with Crippen molar-refractivity contribution in [3.63, 3.8) is 0 Å². The number of thiophene rings is 1. The minimum absolute atomic E-state index is 0.00885. The Morgan fingerprint density at radius 3 is 2.11 bits per heavy atom. The summed E-state index contributed by atoms with van der Waals surface area (Å²) in [6.45, 7) is 5.31. The molecule has 0 bridgehead atoms. The summed E-state index contributed by atoms with van der Waals surface area (Å²) in [4.78, 5) is 48.9. The molecule has 0 fully saturated rings.